The molecule has 0 aliphatic carbocycles. The van der Waals surface area contributed by atoms with Gasteiger partial charge in [0.2, 0.25) is 0 Å². The zero-order valence-corrected chi connectivity index (χ0v) is 15.2. The quantitative estimate of drug-likeness (QED) is 0.777. The Kier molecular flexibility index (Phi) is 4.46. The normalized spacial score (nSPS) is 21.2. The smallest absolute Gasteiger partial charge is 0.259 e. The maximum Gasteiger partial charge on any atom is 0.259 e. The molecule has 1 saturated heterocycles. The molecule has 4 heterocycles. The third-order valence-electron chi connectivity index (χ3n) is 5.28. The lowest BCUT2D eigenvalue weighted by atomic mass is 9.87. The SMILES string of the molecule is CN1CCC[C@@H](CNc2cc(=O)n3ccccc3n2)[C@@H]1c1cncn1C. The first-order valence-electron chi connectivity index (χ1n) is 9.02. The predicted octanol–water partition coefficient (Wildman–Crippen LogP) is 1.92. The summed E-state index contributed by atoms with van der Waals surface area (Å²) in [6.07, 6.45) is 7.86. The summed E-state index contributed by atoms with van der Waals surface area (Å²) in [5.74, 6) is 1.07. The minimum Gasteiger partial charge on any atom is -0.369 e. The van der Waals surface area contributed by atoms with Gasteiger partial charge in [-0.3, -0.25) is 14.1 Å². The van der Waals surface area contributed by atoms with E-state index in [0.29, 0.717) is 23.4 Å². The van der Waals surface area contributed by atoms with Gasteiger partial charge in [0.15, 0.2) is 0 Å². The average Bonchev–Trinajstić information content (AvgIpc) is 3.05. The number of anilines is 1. The number of likely N-dealkylation sites (tertiary alicyclic amines) is 1. The molecule has 7 heteroatoms. The highest BCUT2D eigenvalue weighted by Gasteiger charge is 2.32. The molecule has 0 unspecified atom stereocenters. The second-order valence-corrected chi connectivity index (χ2v) is 7.05. The summed E-state index contributed by atoms with van der Waals surface area (Å²) in [7, 11) is 4.21. The summed E-state index contributed by atoms with van der Waals surface area (Å²) in [4.78, 5) is 23.5. The van der Waals surface area contributed by atoms with Crippen LogP contribution in [-0.4, -0.2) is 44.0 Å². The van der Waals surface area contributed by atoms with E-state index in [1.165, 1.54) is 12.1 Å². The average molecular weight is 352 g/mol. The summed E-state index contributed by atoms with van der Waals surface area (Å²) in [5, 5.41) is 3.40. The number of aryl methyl sites for hydroxylation is 1. The van der Waals surface area contributed by atoms with Crippen molar-refractivity contribution in [2.24, 2.45) is 13.0 Å². The van der Waals surface area contributed by atoms with E-state index >= 15 is 0 Å². The van der Waals surface area contributed by atoms with Gasteiger partial charge in [0.25, 0.3) is 5.56 Å². The molecule has 0 amide bonds. The number of hydrogen-bond acceptors (Lipinski definition) is 5. The summed E-state index contributed by atoms with van der Waals surface area (Å²) < 4.78 is 3.65. The standard InChI is InChI=1S/C19H24N6O/c1-23-8-5-6-14(19(23)15-12-20-13-24(15)2)11-21-16-10-18(26)25-9-4-3-7-17(25)22-16/h3-4,7,9-10,12-14,19,21H,5-6,8,11H2,1-2H3/t14-,19+/m0/s1. The molecule has 0 bridgehead atoms. The lowest BCUT2D eigenvalue weighted by Crippen LogP contribution is -2.40. The van der Waals surface area contributed by atoms with Crippen molar-refractivity contribution in [2.75, 3.05) is 25.5 Å². The number of rotatable bonds is 4. The van der Waals surface area contributed by atoms with Crippen LogP contribution in [0.25, 0.3) is 5.65 Å². The Morgan fingerprint density at radius 1 is 1.31 bits per heavy atom. The van der Waals surface area contributed by atoms with Gasteiger partial charge in [-0.15, -0.1) is 0 Å². The van der Waals surface area contributed by atoms with Gasteiger partial charge in [0, 0.05) is 32.1 Å². The number of pyridine rings is 1. The zero-order valence-electron chi connectivity index (χ0n) is 15.2. The lowest BCUT2D eigenvalue weighted by molar-refractivity contribution is 0.122. The summed E-state index contributed by atoms with van der Waals surface area (Å²) in [6, 6.07) is 7.45. The van der Waals surface area contributed by atoms with Gasteiger partial charge in [-0.25, -0.2) is 9.97 Å². The van der Waals surface area contributed by atoms with Crippen LogP contribution in [0.3, 0.4) is 0 Å². The molecule has 0 spiro atoms. The highest BCUT2D eigenvalue weighted by Crippen LogP contribution is 2.34. The Morgan fingerprint density at radius 2 is 2.19 bits per heavy atom. The van der Waals surface area contributed by atoms with Crippen LogP contribution in [0, 0.1) is 5.92 Å². The van der Waals surface area contributed by atoms with Crippen LogP contribution in [0.4, 0.5) is 5.82 Å². The van der Waals surface area contributed by atoms with Crippen LogP contribution in [0.5, 0.6) is 0 Å². The summed E-state index contributed by atoms with van der Waals surface area (Å²) >= 11 is 0. The molecule has 1 aliphatic heterocycles. The molecule has 4 rings (SSSR count). The number of hydrogen-bond donors (Lipinski definition) is 1. The van der Waals surface area contributed by atoms with Crippen molar-refractivity contribution in [1.29, 1.82) is 0 Å². The molecule has 0 aromatic carbocycles. The van der Waals surface area contributed by atoms with Crippen molar-refractivity contribution in [1.82, 2.24) is 23.8 Å². The third-order valence-corrected chi connectivity index (χ3v) is 5.28. The fraction of sp³-hybridized carbons (Fsp3) is 0.421. The Hall–Kier alpha value is -2.67. The molecular formula is C19H24N6O. The van der Waals surface area contributed by atoms with Crippen molar-refractivity contribution < 1.29 is 0 Å². The second kappa shape index (κ2) is 6.92. The Labute approximate surface area is 152 Å². The van der Waals surface area contributed by atoms with Gasteiger partial charge >= 0.3 is 0 Å². The molecule has 3 aromatic heterocycles. The minimum atomic E-state index is -0.0675. The van der Waals surface area contributed by atoms with Gasteiger partial charge in [-0.1, -0.05) is 6.07 Å². The fourth-order valence-electron chi connectivity index (χ4n) is 3.97. The van der Waals surface area contributed by atoms with E-state index in [4.69, 9.17) is 0 Å². The molecule has 1 N–H and O–H groups in total. The van der Waals surface area contributed by atoms with Crippen molar-refractivity contribution in [3.8, 4) is 0 Å². The number of fused-ring (bicyclic) bond motifs is 1. The summed E-state index contributed by atoms with van der Waals surface area (Å²) in [6.45, 7) is 1.86. The molecule has 3 aromatic rings. The number of nitrogens with one attached hydrogen (secondary N) is 1. The van der Waals surface area contributed by atoms with Gasteiger partial charge in [-0.05, 0) is 44.5 Å². The van der Waals surface area contributed by atoms with E-state index in [9.17, 15) is 4.79 Å². The van der Waals surface area contributed by atoms with Crippen LogP contribution >= 0.6 is 0 Å². The van der Waals surface area contributed by atoms with Gasteiger partial charge in [-0.2, -0.15) is 0 Å². The largest absolute Gasteiger partial charge is 0.369 e. The monoisotopic (exact) mass is 352 g/mol. The van der Waals surface area contributed by atoms with Crippen LogP contribution in [0.15, 0.2) is 47.8 Å². The maximum atomic E-state index is 12.3. The van der Waals surface area contributed by atoms with E-state index in [2.05, 4.69) is 31.8 Å². The molecule has 1 aliphatic rings. The van der Waals surface area contributed by atoms with Crippen molar-refractivity contribution in [3.05, 3.63) is 59.0 Å². The van der Waals surface area contributed by atoms with E-state index < -0.39 is 0 Å². The number of aromatic nitrogens is 4. The molecule has 0 radical (unpaired) electrons. The van der Waals surface area contributed by atoms with Crippen molar-refractivity contribution in [3.63, 3.8) is 0 Å². The van der Waals surface area contributed by atoms with Crippen molar-refractivity contribution >= 4 is 11.5 Å². The van der Waals surface area contributed by atoms with Gasteiger partial charge < -0.3 is 9.88 Å². The molecule has 26 heavy (non-hydrogen) atoms. The van der Waals surface area contributed by atoms with Gasteiger partial charge in [0.1, 0.15) is 11.5 Å². The van der Waals surface area contributed by atoms with Crippen LogP contribution in [-0.2, 0) is 7.05 Å². The van der Waals surface area contributed by atoms with Crippen molar-refractivity contribution in [2.45, 2.75) is 18.9 Å². The Morgan fingerprint density at radius 3 is 3.00 bits per heavy atom. The molecule has 0 saturated carbocycles. The maximum absolute atomic E-state index is 12.3. The van der Waals surface area contributed by atoms with E-state index in [1.807, 2.05) is 37.8 Å². The Bertz CT molecular complexity index is 962. The minimum absolute atomic E-state index is 0.0675. The summed E-state index contributed by atoms with van der Waals surface area (Å²) in [5.41, 5.74) is 1.82. The first-order valence-corrected chi connectivity index (χ1v) is 9.02. The highest BCUT2D eigenvalue weighted by atomic mass is 16.1. The van der Waals surface area contributed by atoms with Crippen LogP contribution < -0.4 is 10.9 Å². The van der Waals surface area contributed by atoms with E-state index in [0.717, 1.165) is 19.5 Å². The number of imidazole rings is 1. The fourth-order valence-corrected chi connectivity index (χ4v) is 3.97. The Balaban J connectivity index is 1.56. The highest BCUT2D eigenvalue weighted by molar-refractivity contribution is 5.46. The van der Waals surface area contributed by atoms with E-state index in [-0.39, 0.29) is 5.56 Å². The molecule has 136 valence electrons. The predicted molar refractivity (Wildman–Crippen MR) is 101 cm³/mol. The first-order chi connectivity index (χ1) is 12.6. The van der Waals surface area contributed by atoms with Gasteiger partial charge in [0.05, 0.1) is 18.1 Å². The lowest BCUT2D eigenvalue weighted by Gasteiger charge is -2.39. The second-order valence-electron chi connectivity index (χ2n) is 7.05. The third kappa shape index (κ3) is 3.10. The first kappa shape index (κ1) is 16.8. The molecule has 1 fully saturated rings. The zero-order chi connectivity index (χ0) is 18.1. The molecular weight excluding hydrogens is 328 g/mol. The topological polar surface area (TPSA) is 67.5 Å². The van der Waals surface area contributed by atoms with Crippen LogP contribution in [0.1, 0.15) is 24.6 Å². The number of nitrogens with zero attached hydrogens (tertiary/aromatic N) is 5. The van der Waals surface area contributed by atoms with E-state index in [1.54, 1.807) is 16.7 Å². The number of piperidine rings is 1. The molecule has 7 nitrogen and oxygen atoms in total. The van der Waals surface area contributed by atoms with Crippen LogP contribution in [0.2, 0.25) is 0 Å². The molecule has 2 atom stereocenters.